The molecule has 0 spiro atoms. The van der Waals surface area contributed by atoms with Crippen molar-refractivity contribution in [1.82, 2.24) is 0 Å². The van der Waals surface area contributed by atoms with Crippen LogP contribution in [0.3, 0.4) is 0 Å². The largest absolute Gasteiger partial charge is 1.00 e. The van der Waals surface area contributed by atoms with E-state index in [2.05, 4.69) is 11.6 Å². The normalized spacial score (nSPS) is 8.10. The fraction of sp³-hybridized carbons (Fsp3) is 0.125. The highest BCUT2D eigenvalue weighted by atomic mass is 127. The Balaban J connectivity index is 0.000000810. The second kappa shape index (κ2) is 4.44. The molecule has 0 unspecified atom stereocenters. The van der Waals surface area contributed by atoms with Crippen molar-refractivity contribution >= 4 is 6.08 Å². The van der Waals surface area contributed by atoms with Crippen LogP contribution in [0, 0.1) is 6.92 Å². The number of halogens is 1. The van der Waals surface area contributed by atoms with Crippen molar-refractivity contribution < 1.29 is 29.0 Å². The van der Waals surface area contributed by atoms with Gasteiger partial charge >= 0.3 is 0 Å². The third-order valence-corrected chi connectivity index (χ3v) is 1.23. The Labute approximate surface area is 78.2 Å². The van der Waals surface area contributed by atoms with E-state index >= 15 is 0 Å². The Kier molecular flexibility index (Phi) is 4.27. The van der Waals surface area contributed by atoms with Crippen molar-refractivity contribution in [3.8, 4) is 0 Å². The number of aromatic nitrogens is 1. The first-order chi connectivity index (χ1) is 4.33. The Bertz CT molecular complexity index is 203. The van der Waals surface area contributed by atoms with Crippen LogP contribution in [0.15, 0.2) is 24.9 Å². The number of hydrogen-bond donors (Lipinski definition) is 0. The van der Waals surface area contributed by atoms with E-state index in [1.54, 1.807) is 0 Å². The van der Waals surface area contributed by atoms with Gasteiger partial charge in [0, 0.05) is 18.6 Å². The highest BCUT2D eigenvalue weighted by molar-refractivity contribution is 5.43. The highest BCUT2D eigenvalue weighted by Gasteiger charge is 1.90. The van der Waals surface area contributed by atoms with Crippen LogP contribution in [-0.2, 0) is 0 Å². The Hall–Kier alpha value is -0.380. The third kappa shape index (κ3) is 2.47. The topological polar surface area (TPSA) is 14.1 Å². The average molecular weight is 247 g/mol. The number of pyridine rings is 1. The minimum atomic E-state index is 0. The van der Waals surface area contributed by atoms with E-state index in [1.165, 1.54) is 5.69 Å². The second-order valence-corrected chi connectivity index (χ2v) is 2.01. The van der Waals surface area contributed by atoms with Gasteiger partial charge in [0.05, 0.1) is 0 Å². The fourth-order valence-electron chi connectivity index (χ4n) is 0.642. The van der Waals surface area contributed by atoms with Gasteiger partial charge in [0.15, 0.2) is 11.9 Å². The summed E-state index contributed by atoms with van der Waals surface area (Å²) < 4.78 is 0. The molecule has 0 radical (unpaired) electrons. The van der Waals surface area contributed by atoms with Crippen LogP contribution in [0.2, 0.25) is 0 Å². The Morgan fingerprint density at radius 3 is 2.60 bits per heavy atom. The standard InChI is InChI=1S/C8H9N.HI/c1-3-8-5-4-7(2)9-6-8;/h3-6H,1H2,2H3;1H. The molecule has 1 N–H and O–H groups in total. The zero-order chi connectivity index (χ0) is 6.69. The molecule has 0 saturated carbocycles. The lowest BCUT2D eigenvalue weighted by Crippen LogP contribution is -3.00. The van der Waals surface area contributed by atoms with E-state index in [4.69, 9.17) is 0 Å². The summed E-state index contributed by atoms with van der Waals surface area (Å²) in [6.07, 6.45) is 3.75. The summed E-state index contributed by atoms with van der Waals surface area (Å²) in [7, 11) is 0. The minimum Gasteiger partial charge on any atom is -1.00 e. The third-order valence-electron chi connectivity index (χ3n) is 1.23. The van der Waals surface area contributed by atoms with Gasteiger partial charge in [0.2, 0.25) is 0 Å². The van der Waals surface area contributed by atoms with Crippen LogP contribution in [0.5, 0.6) is 0 Å². The smallest absolute Gasteiger partial charge is 0.176 e. The molecule has 0 bridgehead atoms. The zero-order valence-electron chi connectivity index (χ0n) is 5.89. The molecule has 1 nitrogen and oxygen atoms in total. The first-order valence-electron chi connectivity index (χ1n) is 2.93. The molecule has 2 heteroatoms. The first-order valence-corrected chi connectivity index (χ1v) is 2.93. The summed E-state index contributed by atoms with van der Waals surface area (Å²) in [5.74, 6) is 0. The Morgan fingerprint density at radius 1 is 1.50 bits per heavy atom. The van der Waals surface area contributed by atoms with Gasteiger partial charge < -0.3 is 24.0 Å². The maximum atomic E-state index is 3.64. The minimum absolute atomic E-state index is 0. The lowest BCUT2D eigenvalue weighted by Gasteiger charge is -1.84. The maximum Gasteiger partial charge on any atom is 0.176 e. The highest BCUT2D eigenvalue weighted by Crippen LogP contribution is 1.95. The van der Waals surface area contributed by atoms with Crippen LogP contribution in [0.1, 0.15) is 11.3 Å². The molecule has 1 aromatic heterocycles. The van der Waals surface area contributed by atoms with Crippen molar-refractivity contribution in [1.29, 1.82) is 0 Å². The molecule has 0 amide bonds. The van der Waals surface area contributed by atoms with Gasteiger partial charge in [-0.15, -0.1) is 0 Å². The monoisotopic (exact) mass is 247 g/mol. The number of nitrogens with one attached hydrogen (secondary N) is 1. The van der Waals surface area contributed by atoms with Crippen LogP contribution >= 0.6 is 0 Å². The number of hydrogen-bond acceptors (Lipinski definition) is 0. The number of H-pyrrole nitrogens is 1. The first kappa shape index (κ1) is 9.62. The number of aryl methyl sites for hydroxylation is 1. The molecule has 1 rings (SSSR count). The van der Waals surface area contributed by atoms with Crippen LogP contribution in [0.4, 0.5) is 0 Å². The molecule has 0 saturated heterocycles. The van der Waals surface area contributed by atoms with Crippen molar-refractivity contribution in [2.45, 2.75) is 6.92 Å². The molecular formula is C8H10IN. The molecule has 0 aromatic carbocycles. The van der Waals surface area contributed by atoms with Gasteiger partial charge in [-0.1, -0.05) is 12.7 Å². The SMILES string of the molecule is C=Cc1ccc(C)[nH+]c1.[I-]. The van der Waals surface area contributed by atoms with Crippen LogP contribution < -0.4 is 29.0 Å². The summed E-state index contributed by atoms with van der Waals surface area (Å²) in [5.41, 5.74) is 2.29. The zero-order valence-corrected chi connectivity index (χ0v) is 8.05. The van der Waals surface area contributed by atoms with Gasteiger partial charge in [0.25, 0.3) is 0 Å². The molecule has 10 heavy (non-hydrogen) atoms. The van der Waals surface area contributed by atoms with Gasteiger partial charge in [-0.25, -0.2) is 4.98 Å². The Morgan fingerprint density at radius 2 is 2.20 bits per heavy atom. The lowest BCUT2D eigenvalue weighted by molar-refractivity contribution is -0.387. The van der Waals surface area contributed by atoms with Crippen molar-refractivity contribution in [2.75, 3.05) is 0 Å². The second-order valence-electron chi connectivity index (χ2n) is 2.01. The molecule has 54 valence electrons. The van der Waals surface area contributed by atoms with Gasteiger partial charge in [0.1, 0.15) is 0 Å². The molecule has 0 aliphatic heterocycles. The van der Waals surface area contributed by atoms with Crippen molar-refractivity contribution in [2.24, 2.45) is 0 Å². The summed E-state index contributed by atoms with van der Waals surface area (Å²) >= 11 is 0. The molecular weight excluding hydrogens is 237 g/mol. The lowest BCUT2D eigenvalue weighted by atomic mass is 10.2. The predicted molar refractivity (Wildman–Crippen MR) is 37.8 cm³/mol. The van der Waals surface area contributed by atoms with E-state index in [1.807, 2.05) is 31.3 Å². The summed E-state index contributed by atoms with van der Waals surface area (Å²) in [6, 6.07) is 4.05. The van der Waals surface area contributed by atoms with E-state index in [-0.39, 0.29) is 24.0 Å². The van der Waals surface area contributed by atoms with E-state index < -0.39 is 0 Å². The molecule has 1 aromatic rings. The van der Waals surface area contributed by atoms with E-state index in [0.717, 1.165) is 5.56 Å². The average Bonchev–Trinajstić information content (AvgIpc) is 1.90. The summed E-state index contributed by atoms with van der Waals surface area (Å²) in [5, 5.41) is 0. The fourth-order valence-corrected chi connectivity index (χ4v) is 0.642. The van der Waals surface area contributed by atoms with Crippen LogP contribution in [0.25, 0.3) is 6.08 Å². The quantitative estimate of drug-likeness (QED) is 0.534. The maximum absolute atomic E-state index is 3.64. The molecule has 0 aliphatic carbocycles. The van der Waals surface area contributed by atoms with E-state index in [9.17, 15) is 0 Å². The van der Waals surface area contributed by atoms with Gasteiger partial charge in [-0.05, 0) is 6.07 Å². The van der Waals surface area contributed by atoms with Crippen LogP contribution in [-0.4, -0.2) is 0 Å². The molecule has 0 fully saturated rings. The van der Waals surface area contributed by atoms with E-state index in [0.29, 0.717) is 0 Å². The number of rotatable bonds is 1. The van der Waals surface area contributed by atoms with Gasteiger partial charge in [-0.2, -0.15) is 0 Å². The number of aromatic amines is 1. The van der Waals surface area contributed by atoms with Crippen molar-refractivity contribution in [3.63, 3.8) is 0 Å². The van der Waals surface area contributed by atoms with Crippen molar-refractivity contribution in [3.05, 3.63) is 36.2 Å². The molecule has 1 heterocycles. The summed E-state index contributed by atoms with van der Waals surface area (Å²) in [4.78, 5) is 3.08. The summed E-state index contributed by atoms with van der Waals surface area (Å²) in [6.45, 7) is 5.66. The predicted octanol–water partition coefficient (Wildman–Crippen LogP) is -1.54. The molecule has 0 atom stereocenters. The molecule has 0 aliphatic rings. The van der Waals surface area contributed by atoms with Gasteiger partial charge in [-0.3, -0.25) is 0 Å².